The lowest BCUT2D eigenvalue weighted by Gasteiger charge is -2.34. The van der Waals surface area contributed by atoms with E-state index in [0.29, 0.717) is 24.3 Å². The number of hydrogen-bond donors (Lipinski definition) is 1. The summed E-state index contributed by atoms with van der Waals surface area (Å²) >= 11 is 0. The topological polar surface area (TPSA) is 64.8 Å². The van der Waals surface area contributed by atoms with Crippen molar-refractivity contribution >= 4 is 5.91 Å². The number of carbonyl (C=O) groups excluding carboxylic acids is 1. The monoisotopic (exact) mass is 447 g/mol. The van der Waals surface area contributed by atoms with Crippen LogP contribution in [0.1, 0.15) is 15.9 Å². The van der Waals surface area contributed by atoms with Crippen LogP contribution >= 0.6 is 0 Å². The molecule has 2 heterocycles. The van der Waals surface area contributed by atoms with Crippen molar-refractivity contribution in [1.29, 1.82) is 0 Å². The van der Waals surface area contributed by atoms with Crippen LogP contribution in [0.2, 0.25) is 0 Å². The lowest BCUT2D eigenvalue weighted by molar-refractivity contribution is 0.0502. The van der Waals surface area contributed by atoms with Crippen molar-refractivity contribution < 1.29 is 9.90 Å². The molecule has 0 bridgehead atoms. The molecule has 0 unspecified atom stereocenters. The normalized spacial score (nSPS) is 16.0. The molecule has 1 aliphatic rings. The Morgan fingerprint density at radius 2 is 1.67 bits per heavy atom. The molecule has 0 radical (unpaired) electrons. The molecule has 1 aromatic heterocycles. The first-order valence-electron chi connectivity index (χ1n) is 11.5. The van der Waals surface area contributed by atoms with Crippen molar-refractivity contribution in [1.82, 2.24) is 24.5 Å². The van der Waals surface area contributed by atoms with Crippen molar-refractivity contribution in [3.05, 3.63) is 78.0 Å². The van der Waals surface area contributed by atoms with Crippen LogP contribution in [-0.2, 0) is 6.54 Å². The van der Waals surface area contributed by atoms with Gasteiger partial charge in [-0.3, -0.25) is 14.4 Å². The molecule has 1 amide bonds. The summed E-state index contributed by atoms with van der Waals surface area (Å²) in [5.74, 6) is -0.134. The number of piperazine rings is 1. The smallest absolute Gasteiger partial charge is 0.257 e. The Hall–Kier alpha value is -3.00. The number of aliphatic hydroxyl groups is 1. The highest BCUT2D eigenvalue weighted by atomic mass is 16.3. The third kappa shape index (κ3) is 6.07. The number of benzene rings is 2. The first kappa shape index (κ1) is 23.2. The fourth-order valence-electron chi connectivity index (χ4n) is 4.23. The second kappa shape index (κ2) is 10.7. The summed E-state index contributed by atoms with van der Waals surface area (Å²) in [6.07, 6.45) is 1.22. The maximum Gasteiger partial charge on any atom is 0.257 e. The van der Waals surface area contributed by atoms with E-state index in [9.17, 15) is 9.90 Å². The lowest BCUT2D eigenvalue weighted by Crippen LogP contribution is -2.49. The highest BCUT2D eigenvalue weighted by molar-refractivity contribution is 5.99. The summed E-state index contributed by atoms with van der Waals surface area (Å²) in [6.45, 7) is 5.33. The SMILES string of the molecule is CN1CCN(C[C@H](O)CN(C)C(=O)c2cn(Cc3ccccc3)nc2-c2ccccc2)CC1. The molecule has 174 valence electrons. The van der Waals surface area contributed by atoms with Gasteiger partial charge in [-0.25, -0.2) is 0 Å². The lowest BCUT2D eigenvalue weighted by atomic mass is 10.1. The number of amides is 1. The number of carbonyl (C=O) groups is 1. The molecule has 1 aliphatic heterocycles. The first-order chi connectivity index (χ1) is 16.0. The highest BCUT2D eigenvalue weighted by Gasteiger charge is 2.24. The van der Waals surface area contributed by atoms with Gasteiger partial charge in [-0.15, -0.1) is 0 Å². The first-order valence-corrected chi connectivity index (χ1v) is 11.5. The summed E-state index contributed by atoms with van der Waals surface area (Å²) in [6, 6.07) is 19.9. The second-order valence-corrected chi connectivity index (χ2v) is 8.88. The Bertz CT molecular complexity index is 1030. The van der Waals surface area contributed by atoms with Gasteiger partial charge >= 0.3 is 0 Å². The van der Waals surface area contributed by atoms with Gasteiger partial charge in [0, 0.05) is 58.1 Å². The fourth-order valence-corrected chi connectivity index (χ4v) is 4.23. The summed E-state index contributed by atoms with van der Waals surface area (Å²) in [7, 11) is 3.86. The molecule has 7 nitrogen and oxygen atoms in total. The molecule has 0 aliphatic carbocycles. The zero-order valence-corrected chi connectivity index (χ0v) is 19.5. The molecule has 7 heteroatoms. The van der Waals surface area contributed by atoms with Gasteiger partial charge in [0.05, 0.1) is 18.2 Å². The van der Waals surface area contributed by atoms with E-state index in [2.05, 4.69) is 16.8 Å². The average Bonchev–Trinajstić information content (AvgIpc) is 3.25. The van der Waals surface area contributed by atoms with Gasteiger partial charge in [0.25, 0.3) is 5.91 Å². The number of β-amino-alcohol motifs (C(OH)–C–C–N with tert-alkyl or cyclic N) is 1. The Morgan fingerprint density at radius 3 is 2.33 bits per heavy atom. The molecular formula is C26H33N5O2. The molecule has 1 N–H and O–H groups in total. The largest absolute Gasteiger partial charge is 0.390 e. The average molecular weight is 448 g/mol. The molecule has 1 atom stereocenters. The fraction of sp³-hybridized carbons (Fsp3) is 0.385. The van der Waals surface area contributed by atoms with Crippen molar-refractivity contribution in [3.63, 3.8) is 0 Å². The van der Waals surface area contributed by atoms with E-state index in [1.54, 1.807) is 11.9 Å². The van der Waals surface area contributed by atoms with Crippen molar-refractivity contribution in [3.8, 4) is 11.3 Å². The zero-order valence-electron chi connectivity index (χ0n) is 19.5. The molecule has 33 heavy (non-hydrogen) atoms. The standard InChI is InChI=1S/C26H33N5O2/c1-28-13-15-30(16-14-28)19-23(32)18-29(2)26(33)24-20-31(17-21-9-5-3-6-10-21)27-25(24)22-11-7-4-8-12-22/h3-12,20,23,32H,13-19H2,1-2H3/t23-/m1/s1. The minimum Gasteiger partial charge on any atom is -0.390 e. The van der Waals surface area contributed by atoms with E-state index < -0.39 is 6.10 Å². The summed E-state index contributed by atoms with van der Waals surface area (Å²) in [5.41, 5.74) is 3.23. The number of aliphatic hydroxyl groups excluding tert-OH is 1. The van der Waals surface area contributed by atoms with Gasteiger partial charge in [-0.1, -0.05) is 60.7 Å². The van der Waals surface area contributed by atoms with Gasteiger partial charge in [-0.2, -0.15) is 5.10 Å². The number of rotatable bonds is 8. The van der Waals surface area contributed by atoms with Crippen molar-refractivity contribution in [2.45, 2.75) is 12.6 Å². The van der Waals surface area contributed by atoms with Gasteiger partial charge in [-0.05, 0) is 12.6 Å². The van der Waals surface area contributed by atoms with Crippen LogP contribution in [-0.4, -0.2) is 95.0 Å². The van der Waals surface area contributed by atoms with Gasteiger partial charge in [0.2, 0.25) is 0 Å². The van der Waals surface area contributed by atoms with Crippen LogP contribution in [0.3, 0.4) is 0 Å². The minimum atomic E-state index is -0.595. The number of likely N-dealkylation sites (N-methyl/N-ethyl adjacent to an activating group) is 2. The quantitative estimate of drug-likeness (QED) is 0.574. The third-order valence-electron chi connectivity index (χ3n) is 6.12. The van der Waals surface area contributed by atoms with Gasteiger partial charge < -0.3 is 14.9 Å². The Morgan fingerprint density at radius 1 is 1.03 bits per heavy atom. The third-order valence-corrected chi connectivity index (χ3v) is 6.12. The Labute approximate surface area is 195 Å². The Balaban J connectivity index is 1.49. The molecule has 3 aromatic rings. The van der Waals surface area contributed by atoms with E-state index in [0.717, 1.165) is 37.3 Å². The molecule has 0 saturated carbocycles. The molecular weight excluding hydrogens is 414 g/mol. The van der Waals surface area contributed by atoms with Crippen molar-refractivity contribution in [2.24, 2.45) is 0 Å². The minimum absolute atomic E-state index is 0.134. The van der Waals surface area contributed by atoms with Crippen LogP contribution in [0.4, 0.5) is 0 Å². The molecule has 2 aromatic carbocycles. The molecule has 1 saturated heterocycles. The van der Waals surface area contributed by atoms with Gasteiger partial charge in [0.1, 0.15) is 5.69 Å². The predicted molar refractivity (Wildman–Crippen MR) is 130 cm³/mol. The van der Waals surface area contributed by atoms with E-state index >= 15 is 0 Å². The summed E-state index contributed by atoms with van der Waals surface area (Å²) < 4.78 is 1.82. The molecule has 1 fully saturated rings. The van der Waals surface area contributed by atoms with Crippen LogP contribution in [0.5, 0.6) is 0 Å². The van der Waals surface area contributed by atoms with E-state index in [4.69, 9.17) is 5.10 Å². The number of aromatic nitrogens is 2. The number of nitrogens with zero attached hydrogens (tertiary/aromatic N) is 5. The van der Waals surface area contributed by atoms with Crippen molar-refractivity contribution in [2.75, 3.05) is 53.4 Å². The number of hydrogen-bond acceptors (Lipinski definition) is 5. The second-order valence-electron chi connectivity index (χ2n) is 8.88. The van der Waals surface area contributed by atoms with E-state index in [1.807, 2.05) is 71.5 Å². The van der Waals surface area contributed by atoms with E-state index in [-0.39, 0.29) is 12.5 Å². The predicted octanol–water partition coefficient (Wildman–Crippen LogP) is 2.28. The van der Waals surface area contributed by atoms with Crippen LogP contribution < -0.4 is 0 Å². The van der Waals surface area contributed by atoms with Crippen LogP contribution in [0, 0.1) is 0 Å². The maximum atomic E-state index is 13.4. The maximum absolute atomic E-state index is 13.4. The summed E-state index contributed by atoms with van der Waals surface area (Å²) in [5, 5.41) is 15.4. The van der Waals surface area contributed by atoms with E-state index in [1.165, 1.54) is 0 Å². The summed E-state index contributed by atoms with van der Waals surface area (Å²) in [4.78, 5) is 19.6. The van der Waals surface area contributed by atoms with Gasteiger partial charge in [0.15, 0.2) is 0 Å². The highest BCUT2D eigenvalue weighted by Crippen LogP contribution is 2.23. The zero-order chi connectivity index (χ0) is 23.2. The molecule has 0 spiro atoms. The Kier molecular flexibility index (Phi) is 7.54. The van der Waals surface area contributed by atoms with Crippen LogP contribution in [0.15, 0.2) is 66.9 Å². The molecule has 4 rings (SSSR count). The van der Waals surface area contributed by atoms with Crippen LogP contribution in [0.25, 0.3) is 11.3 Å².